The number of halogens is 1. The van der Waals surface area contributed by atoms with Crippen LogP contribution in [0.5, 0.6) is 0 Å². The lowest BCUT2D eigenvalue weighted by atomic mass is 10.1. The van der Waals surface area contributed by atoms with Crippen LogP contribution in [0.1, 0.15) is 19.8 Å². The fourth-order valence-electron chi connectivity index (χ4n) is 0.875. The Kier molecular flexibility index (Phi) is 5.78. The molecular formula is C8H16FN3O2. The maximum Gasteiger partial charge on any atom is 0.320 e. The van der Waals surface area contributed by atoms with E-state index in [1.165, 1.54) is 0 Å². The highest BCUT2D eigenvalue weighted by molar-refractivity contribution is 5.77. The van der Waals surface area contributed by atoms with Gasteiger partial charge in [0, 0.05) is 13.0 Å². The molecule has 0 bridgehead atoms. The smallest absolute Gasteiger partial charge is 0.320 e. The van der Waals surface area contributed by atoms with E-state index in [1.54, 1.807) is 6.92 Å². The second-order valence-electron chi connectivity index (χ2n) is 3.09. The van der Waals surface area contributed by atoms with Crippen molar-refractivity contribution in [2.45, 2.75) is 32.0 Å². The SMILES string of the molecule is CC(N)=NCCC(F)C[C@@H](N)C(=O)O. The number of rotatable bonds is 6. The van der Waals surface area contributed by atoms with E-state index >= 15 is 0 Å². The lowest BCUT2D eigenvalue weighted by Crippen LogP contribution is -2.33. The lowest BCUT2D eigenvalue weighted by Gasteiger charge is -2.09. The number of amidine groups is 1. The zero-order chi connectivity index (χ0) is 11.1. The molecule has 5 nitrogen and oxygen atoms in total. The van der Waals surface area contributed by atoms with Gasteiger partial charge in [0.15, 0.2) is 0 Å². The molecule has 0 saturated carbocycles. The van der Waals surface area contributed by atoms with Crippen molar-refractivity contribution in [1.29, 1.82) is 0 Å². The monoisotopic (exact) mass is 205 g/mol. The zero-order valence-corrected chi connectivity index (χ0v) is 8.11. The third-order valence-corrected chi connectivity index (χ3v) is 1.63. The number of aliphatic imine (C=N–C) groups is 1. The van der Waals surface area contributed by atoms with Crippen LogP contribution < -0.4 is 11.5 Å². The average molecular weight is 205 g/mol. The first kappa shape index (κ1) is 12.8. The molecule has 0 aliphatic heterocycles. The van der Waals surface area contributed by atoms with Gasteiger partial charge in [0.25, 0.3) is 0 Å². The van der Waals surface area contributed by atoms with Gasteiger partial charge in [-0.1, -0.05) is 0 Å². The molecule has 0 saturated heterocycles. The summed E-state index contributed by atoms with van der Waals surface area (Å²) in [6.07, 6.45) is -1.28. The molecule has 6 heteroatoms. The van der Waals surface area contributed by atoms with Crippen LogP contribution in [0.4, 0.5) is 4.39 Å². The Hall–Kier alpha value is -1.17. The average Bonchev–Trinajstić information content (AvgIpc) is 2.02. The number of nitrogens with zero attached hydrogens (tertiary/aromatic N) is 1. The minimum absolute atomic E-state index is 0.148. The summed E-state index contributed by atoms with van der Waals surface area (Å²) in [5, 5.41) is 8.41. The van der Waals surface area contributed by atoms with Crippen molar-refractivity contribution in [1.82, 2.24) is 0 Å². The zero-order valence-electron chi connectivity index (χ0n) is 8.11. The summed E-state index contributed by atoms with van der Waals surface area (Å²) in [6.45, 7) is 1.87. The maximum atomic E-state index is 13.0. The number of carboxylic acids is 1. The van der Waals surface area contributed by atoms with Crippen LogP contribution in [-0.4, -0.2) is 35.7 Å². The second kappa shape index (κ2) is 6.31. The largest absolute Gasteiger partial charge is 0.480 e. The van der Waals surface area contributed by atoms with Crippen molar-refractivity contribution in [2.75, 3.05) is 6.54 Å². The second-order valence-corrected chi connectivity index (χ2v) is 3.09. The van der Waals surface area contributed by atoms with Gasteiger partial charge >= 0.3 is 5.97 Å². The molecule has 82 valence electrons. The predicted molar refractivity (Wildman–Crippen MR) is 51.9 cm³/mol. The van der Waals surface area contributed by atoms with Crippen LogP contribution >= 0.6 is 0 Å². The van der Waals surface area contributed by atoms with E-state index in [0.29, 0.717) is 5.84 Å². The molecule has 0 amide bonds. The van der Waals surface area contributed by atoms with Gasteiger partial charge in [0.05, 0.1) is 5.84 Å². The molecule has 0 aromatic carbocycles. The number of carboxylic acid groups (broad SMARTS) is 1. The third-order valence-electron chi connectivity index (χ3n) is 1.63. The highest BCUT2D eigenvalue weighted by Gasteiger charge is 2.17. The van der Waals surface area contributed by atoms with E-state index in [2.05, 4.69) is 4.99 Å². The molecule has 0 aliphatic carbocycles. The van der Waals surface area contributed by atoms with Crippen molar-refractivity contribution in [3.63, 3.8) is 0 Å². The summed E-state index contributed by atoms with van der Waals surface area (Å²) in [4.78, 5) is 14.1. The standard InChI is InChI=1S/C8H16FN3O2/c1-5(10)12-3-2-6(9)4-7(11)8(13)14/h6-7H,2-4,11H2,1H3,(H2,10,12)(H,13,14)/t6?,7-/m1/s1. The fraction of sp³-hybridized carbons (Fsp3) is 0.750. The van der Waals surface area contributed by atoms with E-state index in [-0.39, 0.29) is 19.4 Å². The molecular weight excluding hydrogens is 189 g/mol. The minimum atomic E-state index is -1.25. The molecule has 0 aromatic rings. The van der Waals surface area contributed by atoms with E-state index in [4.69, 9.17) is 16.6 Å². The highest BCUT2D eigenvalue weighted by Crippen LogP contribution is 2.06. The van der Waals surface area contributed by atoms with Crippen molar-refractivity contribution >= 4 is 11.8 Å². The lowest BCUT2D eigenvalue weighted by molar-refractivity contribution is -0.139. The molecule has 0 aromatic heterocycles. The van der Waals surface area contributed by atoms with Gasteiger partial charge < -0.3 is 16.6 Å². The Morgan fingerprint density at radius 1 is 1.64 bits per heavy atom. The van der Waals surface area contributed by atoms with Crippen molar-refractivity contribution < 1.29 is 14.3 Å². The summed E-state index contributed by atoms with van der Waals surface area (Å²) in [5.74, 6) is -0.800. The molecule has 1 unspecified atom stereocenters. The topological polar surface area (TPSA) is 102 Å². The quantitative estimate of drug-likeness (QED) is 0.416. The predicted octanol–water partition coefficient (Wildman–Crippen LogP) is -0.106. The van der Waals surface area contributed by atoms with Crippen molar-refractivity contribution in [3.05, 3.63) is 0 Å². The van der Waals surface area contributed by atoms with Gasteiger partial charge in [-0.3, -0.25) is 9.79 Å². The molecule has 0 spiro atoms. The molecule has 14 heavy (non-hydrogen) atoms. The van der Waals surface area contributed by atoms with Crippen LogP contribution in [0.15, 0.2) is 4.99 Å². The van der Waals surface area contributed by atoms with Gasteiger partial charge in [0.1, 0.15) is 12.2 Å². The number of nitrogens with two attached hydrogens (primary N) is 2. The first-order valence-electron chi connectivity index (χ1n) is 4.32. The molecule has 0 aliphatic rings. The number of aliphatic carboxylic acids is 1. The maximum absolute atomic E-state index is 13.0. The molecule has 0 rings (SSSR count). The summed E-state index contributed by atoms with van der Waals surface area (Å²) < 4.78 is 13.0. The van der Waals surface area contributed by atoms with E-state index in [0.717, 1.165) is 0 Å². The Bertz CT molecular complexity index is 217. The fourth-order valence-corrected chi connectivity index (χ4v) is 0.875. The van der Waals surface area contributed by atoms with Crippen molar-refractivity contribution in [3.8, 4) is 0 Å². The summed E-state index contributed by atoms with van der Waals surface area (Å²) in [7, 11) is 0. The van der Waals surface area contributed by atoms with Gasteiger partial charge in [-0.15, -0.1) is 0 Å². The van der Waals surface area contributed by atoms with Gasteiger partial charge in [-0.25, -0.2) is 4.39 Å². The summed E-state index contributed by atoms with van der Waals surface area (Å²) >= 11 is 0. The van der Waals surface area contributed by atoms with Crippen LogP contribution in [0.3, 0.4) is 0 Å². The Morgan fingerprint density at radius 3 is 2.64 bits per heavy atom. The Labute approximate surface area is 82.0 Å². The first-order valence-corrected chi connectivity index (χ1v) is 4.32. The van der Waals surface area contributed by atoms with Crippen LogP contribution in [-0.2, 0) is 4.79 Å². The Morgan fingerprint density at radius 2 is 2.21 bits per heavy atom. The van der Waals surface area contributed by atoms with Gasteiger partial charge in [-0.05, 0) is 13.3 Å². The van der Waals surface area contributed by atoms with Crippen LogP contribution in [0.2, 0.25) is 0 Å². The molecule has 0 radical (unpaired) electrons. The first-order chi connectivity index (χ1) is 6.43. The number of hydrogen-bond donors (Lipinski definition) is 3. The van der Waals surface area contributed by atoms with E-state index < -0.39 is 18.2 Å². The summed E-state index contributed by atoms with van der Waals surface area (Å²) in [5.41, 5.74) is 10.4. The number of carbonyl (C=O) groups is 1. The van der Waals surface area contributed by atoms with Gasteiger partial charge in [-0.2, -0.15) is 0 Å². The normalized spacial score (nSPS) is 16.4. The Balaban J connectivity index is 3.70. The summed E-state index contributed by atoms with van der Waals surface area (Å²) in [6, 6.07) is -1.15. The third kappa shape index (κ3) is 6.36. The molecule has 5 N–H and O–H groups in total. The molecule has 2 atom stereocenters. The number of hydrogen-bond acceptors (Lipinski definition) is 3. The number of alkyl halides is 1. The molecule has 0 heterocycles. The van der Waals surface area contributed by atoms with Crippen LogP contribution in [0.25, 0.3) is 0 Å². The minimum Gasteiger partial charge on any atom is -0.480 e. The van der Waals surface area contributed by atoms with Crippen LogP contribution in [0, 0.1) is 0 Å². The molecule has 0 fully saturated rings. The van der Waals surface area contributed by atoms with Crippen molar-refractivity contribution in [2.24, 2.45) is 16.5 Å². The van der Waals surface area contributed by atoms with Gasteiger partial charge in [0.2, 0.25) is 0 Å². The van der Waals surface area contributed by atoms with E-state index in [9.17, 15) is 9.18 Å². The highest BCUT2D eigenvalue weighted by atomic mass is 19.1. The van der Waals surface area contributed by atoms with E-state index in [1.807, 2.05) is 0 Å².